The summed E-state index contributed by atoms with van der Waals surface area (Å²) in [7, 11) is 0. The second kappa shape index (κ2) is 8.74. The van der Waals surface area contributed by atoms with Crippen molar-refractivity contribution in [1.82, 2.24) is 0 Å². The lowest BCUT2D eigenvalue weighted by molar-refractivity contribution is -0.165. The number of carbonyl (C=O) groups excluding carboxylic acids is 1. The maximum absolute atomic E-state index is 13.1. The first-order valence-corrected chi connectivity index (χ1v) is 8.47. The molecule has 0 amide bonds. The molecule has 0 radical (unpaired) electrons. The Morgan fingerprint density at radius 3 is 2.68 bits per heavy atom. The van der Waals surface area contributed by atoms with Gasteiger partial charge in [0, 0.05) is 12.2 Å². The standard InChI is InChI=1S/C20H21FO4/c21-17-7-4-15(5-8-17)19-13-18(9-6-16(19)14-22)23-11-12-25-20-3-1-2-10-24-20/h4-9,13-14,20H,1-3,10-12H2. The molecule has 1 atom stereocenters. The third-order valence-electron chi connectivity index (χ3n) is 4.10. The summed E-state index contributed by atoms with van der Waals surface area (Å²) < 4.78 is 29.9. The largest absolute Gasteiger partial charge is 0.491 e. The zero-order valence-corrected chi connectivity index (χ0v) is 13.9. The molecule has 1 unspecified atom stereocenters. The monoisotopic (exact) mass is 344 g/mol. The number of hydrogen-bond acceptors (Lipinski definition) is 4. The van der Waals surface area contributed by atoms with E-state index in [2.05, 4.69) is 0 Å². The predicted octanol–water partition coefficient (Wildman–Crippen LogP) is 4.23. The summed E-state index contributed by atoms with van der Waals surface area (Å²) in [5, 5.41) is 0. The number of hydrogen-bond donors (Lipinski definition) is 0. The summed E-state index contributed by atoms with van der Waals surface area (Å²) in [5.74, 6) is 0.323. The van der Waals surface area contributed by atoms with E-state index in [9.17, 15) is 9.18 Å². The zero-order valence-electron chi connectivity index (χ0n) is 13.9. The summed E-state index contributed by atoms with van der Waals surface area (Å²) in [4.78, 5) is 11.3. The van der Waals surface area contributed by atoms with Crippen molar-refractivity contribution in [3.63, 3.8) is 0 Å². The van der Waals surface area contributed by atoms with Crippen LogP contribution in [0.2, 0.25) is 0 Å². The van der Waals surface area contributed by atoms with Gasteiger partial charge in [0.1, 0.15) is 18.2 Å². The summed E-state index contributed by atoms with van der Waals surface area (Å²) in [6, 6.07) is 11.3. The highest BCUT2D eigenvalue weighted by atomic mass is 19.1. The molecule has 4 nitrogen and oxygen atoms in total. The molecule has 5 heteroatoms. The molecule has 3 rings (SSSR count). The van der Waals surface area contributed by atoms with Gasteiger partial charge >= 0.3 is 0 Å². The molecular formula is C20H21FO4. The van der Waals surface area contributed by atoms with E-state index in [4.69, 9.17) is 14.2 Å². The molecular weight excluding hydrogens is 323 g/mol. The van der Waals surface area contributed by atoms with E-state index in [-0.39, 0.29) is 12.1 Å². The number of benzene rings is 2. The van der Waals surface area contributed by atoms with Crippen molar-refractivity contribution in [3.8, 4) is 16.9 Å². The molecule has 1 aliphatic rings. The van der Waals surface area contributed by atoms with Gasteiger partial charge in [0.2, 0.25) is 0 Å². The van der Waals surface area contributed by atoms with Gasteiger partial charge in [-0.05, 0) is 60.7 Å². The number of aldehydes is 1. The van der Waals surface area contributed by atoms with Gasteiger partial charge in [-0.25, -0.2) is 4.39 Å². The highest BCUT2D eigenvalue weighted by Gasteiger charge is 2.13. The molecule has 0 aliphatic carbocycles. The van der Waals surface area contributed by atoms with Crippen LogP contribution < -0.4 is 4.74 Å². The van der Waals surface area contributed by atoms with Crippen molar-refractivity contribution in [2.24, 2.45) is 0 Å². The molecule has 2 aromatic rings. The van der Waals surface area contributed by atoms with Crippen LogP contribution in [0, 0.1) is 5.82 Å². The van der Waals surface area contributed by atoms with Crippen LogP contribution in [-0.4, -0.2) is 32.4 Å². The second-order valence-electron chi connectivity index (χ2n) is 5.89. The van der Waals surface area contributed by atoms with E-state index in [0.717, 1.165) is 37.7 Å². The summed E-state index contributed by atoms with van der Waals surface area (Å²) in [6.45, 7) is 1.58. The maximum atomic E-state index is 13.1. The first-order valence-electron chi connectivity index (χ1n) is 8.47. The summed E-state index contributed by atoms with van der Waals surface area (Å²) >= 11 is 0. The highest BCUT2D eigenvalue weighted by molar-refractivity contribution is 5.88. The van der Waals surface area contributed by atoms with Crippen LogP contribution in [0.4, 0.5) is 4.39 Å². The molecule has 0 aromatic heterocycles. The van der Waals surface area contributed by atoms with Crippen molar-refractivity contribution >= 4 is 6.29 Å². The third kappa shape index (κ3) is 4.87. The van der Waals surface area contributed by atoms with E-state index in [1.807, 2.05) is 0 Å². The number of rotatable bonds is 7. The van der Waals surface area contributed by atoms with Gasteiger partial charge in [0.05, 0.1) is 6.61 Å². The van der Waals surface area contributed by atoms with E-state index in [1.54, 1.807) is 30.3 Å². The van der Waals surface area contributed by atoms with Gasteiger partial charge in [-0.2, -0.15) is 0 Å². The molecule has 0 spiro atoms. The van der Waals surface area contributed by atoms with Crippen LogP contribution in [0.15, 0.2) is 42.5 Å². The average Bonchev–Trinajstić information content (AvgIpc) is 2.66. The van der Waals surface area contributed by atoms with Gasteiger partial charge < -0.3 is 14.2 Å². The summed E-state index contributed by atoms with van der Waals surface area (Å²) in [5.41, 5.74) is 2.01. The molecule has 1 fully saturated rings. The second-order valence-corrected chi connectivity index (χ2v) is 5.89. The minimum atomic E-state index is -0.314. The SMILES string of the molecule is O=Cc1ccc(OCCOC2CCCCO2)cc1-c1ccc(F)cc1. The molecule has 0 saturated carbocycles. The van der Waals surface area contributed by atoms with Crippen LogP contribution in [0.5, 0.6) is 5.75 Å². The van der Waals surface area contributed by atoms with E-state index in [1.165, 1.54) is 12.1 Å². The molecule has 1 heterocycles. The Hall–Kier alpha value is -2.24. The van der Waals surface area contributed by atoms with Gasteiger partial charge in [0.15, 0.2) is 12.6 Å². The lowest BCUT2D eigenvalue weighted by atomic mass is 10.00. The van der Waals surface area contributed by atoms with Crippen molar-refractivity contribution < 1.29 is 23.4 Å². The Morgan fingerprint density at radius 2 is 1.96 bits per heavy atom. The first kappa shape index (κ1) is 17.6. The van der Waals surface area contributed by atoms with Crippen LogP contribution in [0.3, 0.4) is 0 Å². The van der Waals surface area contributed by atoms with Crippen LogP contribution >= 0.6 is 0 Å². The number of halogens is 1. The van der Waals surface area contributed by atoms with Gasteiger partial charge in [-0.15, -0.1) is 0 Å². The molecule has 2 aromatic carbocycles. The fourth-order valence-electron chi connectivity index (χ4n) is 2.79. The van der Waals surface area contributed by atoms with Gasteiger partial charge in [-0.1, -0.05) is 12.1 Å². The number of carbonyl (C=O) groups is 1. The van der Waals surface area contributed by atoms with E-state index < -0.39 is 0 Å². The topological polar surface area (TPSA) is 44.8 Å². The van der Waals surface area contributed by atoms with E-state index in [0.29, 0.717) is 30.1 Å². The Kier molecular flexibility index (Phi) is 6.14. The molecule has 0 N–H and O–H groups in total. The number of ether oxygens (including phenoxy) is 3. The molecule has 132 valence electrons. The van der Waals surface area contributed by atoms with Crippen LogP contribution in [0.25, 0.3) is 11.1 Å². The van der Waals surface area contributed by atoms with Crippen molar-refractivity contribution in [1.29, 1.82) is 0 Å². The highest BCUT2D eigenvalue weighted by Crippen LogP contribution is 2.27. The molecule has 25 heavy (non-hydrogen) atoms. The quantitative estimate of drug-likeness (QED) is 0.557. The maximum Gasteiger partial charge on any atom is 0.157 e. The Morgan fingerprint density at radius 1 is 1.12 bits per heavy atom. The van der Waals surface area contributed by atoms with Gasteiger partial charge in [-0.3, -0.25) is 4.79 Å². The molecule has 0 bridgehead atoms. The van der Waals surface area contributed by atoms with Crippen molar-refractivity contribution in [2.45, 2.75) is 25.6 Å². The van der Waals surface area contributed by atoms with Crippen LogP contribution in [-0.2, 0) is 9.47 Å². The Balaban J connectivity index is 1.61. The summed E-state index contributed by atoms with van der Waals surface area (Å²) in [6.07, 6.45) is 3.78. The third-order valence-corrected chi connectivity index (χ3v) is 4.10. The normalized spacial score (nSPS) is 17.2. The van der Waals surface area contributed by atoms with Crippen molar-refractivity contribution in [2.75, 3.05) is 19.8 Å². The lowest BCUT2D eigenvalue weighted by Gasteiger charge is -2.22. The van der Waals surface area contributed by atoms with Crippen LogP contribution in [0.1, 0.15) is 29.6 Å². The van der Waals surface area contributed by atoms with E-state index >= 15 is 0 Å². The zero-order chi connectivity index (χ0) is 17.5. The van der Waals surface area contributed by atoms with Crippen molar-refractivity contribution in [3.05, 3.63) is 53.8 Å². The Labute approximate surface area is 146 Å². The molecule has 1 aliphatic heterocycles. The lowest BCUT2D eigenvalue weighted by Crippen LogP contribution is -2.24. The minimum absolute atomic E-state index is 0.135. The average molecular weight is 344 g/mol. The molecule has 1 saturated heterocycles. The first-order chi connectivity index (χ1) is 12.3. The smallest absolute Gasteiger partial charge is 0.157 e. The fraction of sp³-hybridized carbons (Fsp3) is 0.350. The van der Waals surface area contributed by atoms with Gasteiger partial charge in [0.25, 0.3) is 0 Å². The minimum Gasteiger partial charge on any atom is -0.491 e. The predicted molar refractivity (Wildman–Crippen MR) is 92.3 cm³/mol. The fourth-order valence-corrected chi connectivity index (χ4v) is 2.79. The Bertz CT molecular complexity index is 693.